The predicted molar refractivity (Wildman–Crippen MR) is 77.8 cm³/mol. The number of non-ortho nitro benzene ring substituents is 1. The number of nitro groups is 1. The fraction of sp³-hybridized carbons (Fsp3) is 0.154. The van der Waals surface area contributed by atoms with Crippen molar-refractivity contribution in [2.45, 2.75) is 11.6 Å². The van der Waals surface area contributed by atoms with Crippen molar-refractivity contribution < 1.29 is 13.3 Å². The highest BCUT2D eigenvalue weighted by atomic mass is 32.2. The average Bonchev–Trinajstić information content (AvgIpc) is 2.45. The van der Waals surface area contributed by atoms with Gasteiger partial charge >= 0.3 is 0 Å². The molecule has 1 heterocycles. The van der Waals surface area contributed by atoms with Gasteiger partial charge in [0.15, 0.2) is 14.9 Å². The molecule has 0 unspecified atom stereocenters. The summed E-state index contributed by atoms with van der Waals surface area (Å²) in [6.07, 6.45) is 2.50. The third-order valence-electron chi connectivity index (χ3n) is 2.73. The number of pyridine rings is 1. The number of sulfone groups is 1. The number of nitrogens with zero attached hydrogens (tertiary/aromatic N) is 2. The third-order valence-corrected chi connectivity index (χ3v) is 3.74. The van der Waals surface area contributed by atoms with Gasteiger partial charge in [0.1, 0.15) is 0 Å². The van der Waals surface area contributed by atoms with Crippen molar-refractivity contribution in [1.29, 1.82) is 0 Å². The minimum Gasteiger partial charge on any atom is -0.380 e. The summed E-state index contributed by atoms with van der Waals surface area (Å²) < 4.78 is 22.6. The minimum atomic E-state index is -3.32. The Kier molecular flexibility index (Phi) is 4.18. The van der Waals surface area contributed by atoms with Crippen molar-refractivity contribution in [3.05, 3.63) is 58.3 Å². The van der Waals surface area contributed by atoms with Crippen LogP contribution in [-0.4, -0.2) is 24.6 Å². The van der Waals surface area contributed by atoms with Crippen LogP contribution in [0.4, 0.5) is 11.4 Å². The second kappa shape index (κ2) is 5.88. The molecule has 21 heavy (non-hydrogen) atoms. The second-order valence-corrected chi connectivity index (χ2v) is 6.40. The Morgan fingerprint density at radius 3 is 2.62 bits per heavy atom. The fourth-order valence-corrected chi connectivity index (χ4v) is 2.25. The van der Waals surface area contributed by atoms with E-state index in [4.69, 9.17) is 0 Å². The lowest BCUT2D eigenvalue weighted by molar-refractivity contribution is -0.384. The van der Waals surface area contributed by atoms with E-state index in [2.05, 4.69) is 10.3 Å². The highest BCUT2D eigenvalue weighted by molar-refractivity contribution is 7.90. The van der Waals surface area contributed by atoms with Gasteiger partial charge in [-0.15, -0.1) is 0 Å². The number of benzene rings is 1. The SMILES string of the molecule is CS(=O)(=O)c1ccc(NCc2cccc([N+](=O)[O-])c2)cn1. The molecule has 0 amide bonds. The highest BCUT2D eigenvalue weighted by Crippen LogP contribution is 2.15. The van der Waals surface area contributed by atoms with Crippen molar-refractivity contribution in [3.8, 4) is 0 Å². The highest BCUT2D eigenvalue weighted by Gasteiger charge is 2.08. The lowest BCUT2D eigenvalue weighted by atomic mass is 10.2. The van der Waals surface area contributed by atoms with Gasteiger partial charge in [0.2, 0.25) is 0 Å². The van der Waals surface area contributed by atoms with Gasteiger partial charge in [0.25, 0.3) is 5.69 Å². The Morgan fingerprint density at radius 1 is 1.29 bits per heavy atom. The Balaban J connectivity index is 2.06. The first-order chi connectivity index (χ1) is 9.86. The Morgan fingerprint density at radius 2 is 2.05 bits per heavy atom. The van der Waals surface area contributed by atoms with Crippen molar-refractivity contribution in [1.82, 2.24) is 4.98 Å². The molecule has 0 atom stereocenters. The van der Waals surface area contributed by atoms with E-state index in [9.17, 15) is 18.5 Å². The first-order valence-electron chi connectivity index (χ1n) is 5.99. The molecule has 1 aromatic heterocycles. The first kappa shape index (κ1) is 14.9. The van der Waals surface area contributed by atoms with Crippen LogP contribution in [0.25, 0.3) is 0 Å². The molecule has 2 rings (SSSR count). The molecule has 0 bridgehead atoms. The van der Waals surface area contributed by atoms with Gasteiger partial charge in [0.05, 0.1) is 16.8 Å². The molecular formula is C13H13N3O4S. The van der Waals surface area contributed by atoms with Crippen LogP contribution in [0.15, 0.2) is 47.6 Å². The molecule has 1 N–H and O–H groups in total. The number of nitro benzene ring substituents is 1. The van der Waals surface area contributed by atoms with Crippen LogP contribution in [0.1, 0.15) is 5.56 Å². The molecule has 8 heteroatoms. The van der Waals surface area contributed by atoms with Crippen LogP contribution >= 0.6 is 0 Å². The lowest BCUT2D eigenvalue weighted by Crippen LogP contribution is -2.03. The Bertz CT molecular complexity index is 757. The van der Waals surface area contributed by atoms with Crippen LogP contribution in [0.5, 0.6) is 0 Å². The van der Waals surface area contributed by atoms with E-state index >= 15 is 0 Å². The maximum atomic E-state index is 11.3. The van der Waals surface area contributed by atoms with Crippen molar-refractivity contribution in [2.75, 3.05) is 11.6 Å². The van der Waals surface area contributed by atoms with E-state index in [1.807, 2.05) is 0 Å². The molecule has 0 aliphatic rings. The molecule has 0 fully saturated rings. The maximum absolute atomic E-state index is 11.3. The van der Waals surface area contributed by atoms with E-state index in [0.29, 0.717) is 12.2 Å². The summed E-state index contributed by atoms with van der Waals surface area (Å²) in [6.45, 7) is 0.377. The van der Waals surface area contributed by atoms with E-state index < -0.39 is 14.8 Å². The first-order valence-corrected chi connectivity index (χ1v) is 7.89. The van der Waals surface area contributed by atoms with Gasteiger partial charge in [-0.3, -0.25) is 10.1 Å². The van der Waals surface area contributed by atoms with Crippen LogP contribution in [-0.2, 0) is 16.4 Å². The summed E-state index contributed by atoms with van der Waals surface area (Å²) in [5, 5.41) is 13.7. The Hall–Kier alpha value is -2.48. The lowest BCUT2D eigenvalue weighted by Gasteiger charge is -2.06. The van der Waals surface area contributed by atoms with Gasteiger partial charge in [-0.25, -0.2) is 13.4 Å². The molecule has 1 aromatic carbocycles. The zero-order valence-electron chi connectivity index (χ0n) is 11.2. The minimum absolute atomic E-state index is 0.00315. The van der Waals surface area contributed by atoms with Crippen molar-refractivity contribution in [3.63, 3.8) is 0 Å². The summed E-state index contributed by atoms with van der Waals surface area (Å²) in [5.74, 6) is 0. The molecular weight excluding hydrogens is 294 g/mol. The standard InChI is InChI=1S/C13H13N3O4S/c1-21(19,20)13-6-5-11(9-15-13)14-8-10-3-2-4-12(7-10)16(17)18/h2-7,9,14H,8H2,1H3. The molecule has 0 spiro atoms. The molecule has 0 aliphatic carbocycles. The molecule has 2 aromatic rings. The Labute approximate surface area is 121 Å². The van der Waals surface area contributed by atoms with E-state index in [-0.39, 0.29) is 10.7 Å². The molecule has 0 saturated carbocycles. The summed E-state index contributed by atoms with van der Waals surface area (Å²) in [6, 6.07) is 9.28. The number of hydrogen-bond acceptors (Lipinski definition) is 6. The van der Waals surface area contributed by atoms with E-state index in [0.717, 1.165) is 11.8 Å². The smallest absolute Gasteiger partial charge is 0.269 e. The number of rotatable bonds is 5. The van der Waals surface area contributed by atoms with Crippen LogP contribution < -0.4 is 5.32 Å². The molecule has 110 valence electrons. The topological polar surface area (TPSA) is 102 Å². The number of aromatic nitrogens is 1. The van der Waals surface area contributed by atoms with Gasteiger partial charge in [0, 0.05) is 24.9 Å². The normalized spacial score (nSPS) is 11.1. The number of hydrogen-bond donors (Lipinski definition) is 1. The van der Waals surface area contributed by atoms with Crippen molar-refractivity contribution in [2.24, 2.45) is 0 Å². The van der Waals surface area contributed by atoms with Gasteiger partial charge < -0.3 is 5.32 Å². The molecule has 7 nitrogen and oxygen atoms in total. The van der Waals surface area contributed by atoms with E-state index in [1.165, 1.54) is 24.4 Å². The molecule has 0 aliphatic heterocycles. The van der Waals surface area contributed by atoms with Crippen molar-refractivity contribution >= 4 is 21.2 Å². The zero-order valence-corrected chi connectivity index (χ0v) is 12.0. The van der Waals surface area contributed by atoms with Crippen LogP contribution in [0.3, 0.4) is 0 Å². The third kappa shape index (κ3) is 3.99. The zero-order chi connectivity index (χ0) is 15.5. The number of anilines is 1. The summed E-state index contributed by atoms with van der Waals surface area (Å²) in [4.78, 5) is 14.1. The molecule has 0 saturated heterocycles. The molecule has 0 radical (unpaired) electrons. The monoisotopic (exact) mass is 307 g/mol. The van der Waals surface area contributed by atoms with Gasteiger partial charge in [-0.2, -0.15) is 0 Å². The number of nitrogens with one attached hydrogen (secondary N) is 1. The maximum Gasteiger partial charge on any atom is 0.269 e. The van der Waals surface area contributed by atoms with Crippen LogP contribution in [0.2, 0.25) is 0 Å². The van der Waals surface area contributed by atoms with Gasteiger partial charge in [-0.1, -0.05) is 12.1 Å². The van der Waals surface area contributed by atoms with Gasteiger partial charge in [-0.05, 0) is 17.7 Å². The summed E-state index contributed by atoms with van der Waals surface area (Å²) in [7, 11) is -3.32. The van der Waals surface area contributed by atoms with Crippen LogP contribution in [0, 0.1) is 10.1 Å². The average molecular weight is 307 g/mol. The summed E-state index contributed by atoms with van der Waals surface area (Å²) in [5.41, 5.74) is 1.41. The largest absolute Gasteiger partial charge is 0.380 e. The predicted octanol–water partition coefficient (Wildman–Crippen LogP) is 2.01. The summed E-state index contributed by atoms with van der Waals surface area (Å²) >= 11 is 0. The quantitative estimate of drug-likeness (QED) is 0.669. The second-order valence-electron chi connectivity index (χ2n) is 4.44. The fourth-order valence-electron chi connectivity index (χ4n) is 1.69. The van der Waals surface area contributed by atoms with E-state index in [1.54, 1.807) is 18.2 Å².